The van der Waals surface area contributed by atoms with Gasteiger partial charge in [0, 0.05) is 23.9 Å². The molecule has 0 fully saturated rings. The summed E-state index contributed by atoms with van der Waals surface area (Å²) in [5.74, 6) is 4.83. The Labute approximate surface area is 119 Å². The highest BCUT2D eigenvalue weighted by Crippen LogP contribution is 2.27. The van der Waals surface area contributed by atoms with Gasteiger partial charge in [-0.25, -0.2) is 0 Å². The number of hydrazine groups is 1. The minimum Gasteiger partial charge on any atom is -0.348 e. The van der Waals surface area contributed by atoms with Gasteiger partial charge in [-0.2, -0.15) is 5.10 Å². The zero-order valence-electron chi connectivity index (χ0n) is 11.2. The van der Waals surface area contributed by atoms with Gasteiger partial charge in [0.15, 0.2) is 0 Å². The molecule has 9 nitrogen and oxygen atoms in total. The molecule has 2 rings (SSSR count). The first-order valence-electron chi connectivity index (χ1n) is 6.05. The first kappa shape index (κ1) is 14.5. The van der Waals surface area contributed by atoms with E-state index in [4.69, 9.17) is 5.84 Å². The first-order chi connectivity index (χ1) is 10.0. The van der Waals surface area contributed by atoms with Gasteiger partial charge in [-0.05, 0) is 13.0 Å². The molecule has 0 bridgehead atoms. The molecule has 110 valence electrons. The maximum Gasteiger partial charge on any atom is 0.294 e. The van der Waals surface area contributed by atoms with Gasteiger partial charge >= 0.3 is 0 Å². The lowest BCUT2D eigenvalue weighted by molar-refractivity contribution is -0.384. The third kappa shape index (κ3) is 2.98. The largest absolute Gasteiger partial charge is 0.348 e. The van der Waals surface area contributed by atoms with Gasteiger partial charge in [0.25, 0.3) is 11.6 Å². The molecule has 1 heterocycles. The number of nitrogens with one attached hydrogen (secondary N) is 3. The Morgan fingerprint density at radius 2 is 2.29 bits per heavy atom. The van der Waals surface area contributed by atoms with E-state index in [2.05, 4.69) is 20.9 Å². The van der Waals surface area contributed by atoms with E-state index in [9.17, 15) is 14.9 Å². The molecule has 0 aliphatic carbocycles. The number of carbonyl (C=O) groups excluding carboxylic acids is 1. The fourth-order valence-electron chi connectivity index (χ4n) is 1.86. The quantitative estimate of drug-likeness (QED) is 0.365. The van der Waals surface area contributed by atoms with Crippen molar-refractivity contribution in [1.82, 2.24) is 15.5 Å². The number of aromatic nitrogens is 2. The van der Waals surface area contributed by atoms with Gasteiger partial charge in [-0.1, -0.05) is 6.07 Å². The van der Waals surface area contributed by atoms with E-state index < -0.39 is 10.8 Å². The Balaban J connectivity index is 2.21. The van der Waals surface area contributed by atoms with Crippen molar-refractivity contribution in [2.45, 2.75) is 13.5 Å². The highest BCUT2D eigenvalue weighted by atomic mass is 16.6. The summed E-state index contributed by atoms with van der Waals surface area (Å²) in [6.07, 6.45) is 1.60. The van der Waals surface area contributed by atoms with Crippen LogP contribution in [-0.2, 0) is 6.54 Å². The highest BCUT2D eigenvalue weighted by molar-refractivity contribution is 6.01. The topological polar surface area (TPSA) is 139 Å². The van der Waals surface area contributed by atoms with Crippen LogP contribution < -0.4 is 16.6 Å². The zero-order chi connectivity index (χ0) is 15.4. The van der Waals surface area contributed by atoms with Crippen molar-refractivity contribution in [3.8, 4) is 0 Å². The molecule has 0 atom stereocenters. The molecule has 0 unspecified atom stereocenters. The van der Waals surface area contributed by atoms with Crippen LogP contribution in [0.1, 0.15) is 21.6 Å². The Morgan fingerprint density at radius 1 is 1.52 bits per heavy atom. The molecule has 5 N–H and O–H groups in total. The second kappa shape index (κ2) is 6.01. The average molecular weight is 290 g/mol. The van der Waals surface area contributed by atoms with E-state index in [-0.39, 0.29) is 23.5 Å². The van der Waals surface area contributed by atoms with Crippen LogP contribution in [0.3, 0.4) is 0 Å². The Kier molecular flexibility index (Phi) is 4.14. The Morgan fingerprint density at radius 3 is 2.86 bits per heavy atom. The minimum atomic E-state index is -0.605. The number of rotatable bonds is 5. The van der Waals surface area contributed by atoms with E-state index >= 15 is 0 Å². The molecule has 0 saturated heterocycles. The summed E-state index contributed by atoms with van der Waals surface area (Å²) >= 11 is 0. The number of nitro groups is 1. The summed E-state index contributed by atoms with van der Waals surface area (Å²) in [4.78, 5) is 22.5. The number of hydrogen-bond acceptors (Lipinski definition) is 6. The predicted octanol–water partition coefficient (Wildman–Crippen LogP) is 0.842. The van der Waals surface area contributed by atoms with Crippen LogP contribution in [0.25, 0.3) is 0 Å². The molecular weight excluding hydrogens is 276 g/mol. The number of benzene rings is 1. The molecule has 0 aliphatic heterocycles. The molecular formula is C12H14N6O3. The third-order valence-corrected chi connectivity index (χ3v) is 3.00. The number of nitrogens with zero attached hydrogens (tertiary/aromatic N) is 2. The molecule has 0 aliphatic rings. The number of hydrogen-bond donors (Lipinski definition) is 4. The van der Waals surface area contributed by atoms with Crippen molar-refractivity contribution < 1.29 is 9.72 Å². The number of anilines is 1. The summed E-state index contributed by atoms with van der Waals surface area (Å²) in [5, 5.41) is 20.2. The number of aryl methyl sites for hydroxylation is 1. The lowest BCUT2D eigenvalue weighted by atomic mass is 10.1. The number of H-pyrrole nitrogens is 1. The van der Waals surface area contributed by atoms with E-state index in [1.807, 2.05) is 6.92 Å². The fraction of sp³-hybridized carbons (Fsp3) is 0.167. The first-order valence-corrected chi connectivity index (χ1v) is 6.05. The monoisotopic (exact) mass is 290 g/mol. The maximum absolute atomic E-state index is 12.1. The average Bonchev–Trinajstić information content (AvgIpc) is 2.89. The number of amides is 1. The van der Waals surface area contributed by atoms with Crippen molar-refractivity contribution >= 4 is 17.3 Å². The summed E-state index contributed by atoms with van der Waals surface area (Å²) in [6.45, 7) is 2.09. The van der Waals surface area contributed by atoms with Gasteiger partial charge in [-0.3, -0.25) is 25.9 Å². The van der Waals surface area contributed by atoms with Crippen LogP contribution in [0.2, 0.25) is 0 Å². The van der Waals surface area contributed by atoms with Gasteiger partial charge in [0.1, 0.15) is 5.69 Å². The lowest BCUT2D eigenvalue weighted by Gasteiger charge is -2.09. The standard InChI is InChI=1S/C12H14N6O3/c1-7-8(6-15-17-7)5-14-12(19)9-3-2-4-10(18(20)21)11(9)16-13/h2-4,6,16H,5,13H2,1H3,(H,14,19)(H,15,17). The van der Waals surface area contributed by atoms with Crippen molar-refractivity contribution in [1.29, 1.82) is 0 Å². The number of nitro benzene ring substituents is 1. The van der Waals surface area contributed by atoms with Crippen LogP contribution in [0, 0.1) is 17.0 Å². The van der Waals surface area contributed by atoms with Crippen LogP contribution in [-0.4, -0.2) is 21.0 Å². The van der Waals surface area contributed by atoms with Gasteiger partial charge < -0.3 is 10.7 Å². The van der Waals surface area contributed by atoms with Gasteiger partial charge in [-0.15, -0.1) is 0 Å². The van der Waals surface area contributed by atoms with Crippen LogP contribution in [0.15, 0.2) is 24.4 Å². The van der Waals surface area contributed by atoms with Crippen LogP contribution >= 0.6 is 0 Å². The molecule has 0 saturated carbocycles. The highest BCUT2D eigenvalue weighted by Gasteiger charge is 2.20. The molecule has 21 heavy (non-hydrogen) atoms. The van der Waals surface area contributed by atoms with Crippen LogP contribution in [0.5, 0.6) is 0 Å². The SMILES string of the molecule is Cc1[nH]ncc1CNC(=O)c1cccc([N+](=O)[O-])c1NN. The third-order valence-electron chi connectivity index (χ3n) is 3.00. The summed E-state index contributed by atoms with van der Waals surface area (Å²) in [6, 6.07) is 4.16. The lowest BCUT2D eigenvalue weighted by Crippen LogP contribution is -2.25. The Bertz CT molecular complexity index is 681. The summed E-state index contributed by atoms with van der Waals surface area (Å²) in [7, 11) is 0. The van der Waals surface area contributed by atoms with E-state index in [0.29, 0.717) is 0 Å². The summed E-state index contributed by atoms with van der Waals surface area (Å²) < 4.78 is 0. The number of para-hydroxylation sites is 1. The molecule has 1 amide bonds. The molecule has 0 spiro atoms. The van der Waals surface area contributed by atoms with Crippen molar-refractivity contribution in [3.63, 3.8) is 0 Å². The fourth-order valence-corrected chi connectivity index (χ4v) is 1.86. The second-order valence-corrected chi connectivity index (χ2v) is 4.30. The molecule has 1 aromatic heterocycles. The summed E-state index contributed by atoms with van der Waals surface area (Å²) in [5.41, 5.74) is 3.70. The number of nitrogens with two attached hydrogens (primary N) is 1. The number of carbonyl (C=O) groups is 1. The van der Waals surface area contributed by atoms with Crippen molar-refractivity contribution in [2.75, 3.05) is 5.43 Å². The predicted molar refractivity (Wildman–Crippen MR) is 75.4 cm³/mol. The smallest absolute Gasteiger partial charge is 0.294 e. The van der Waals surface area contributed by atoms with E-state index in [1.54, 1.807) is 6.20 Å². The number of aromatic amines is 1. The van der Waals surface area contributed by atoms with Crippen molar-refractivity contribution in [3.05, 3.63) is 51.3 Å². The zero-order valence-corrected chi connectivity index (χ0v) is 11.2. The van der Waals surface area contributed by atoms with Gasteiger partial charge in [0.2, 0.25) is 0 Å². The van der Waals surface area contributed by atoms with Gasteiger partial charge in [0.05, 0.1) is 16.7 Å². The molecule has 0 radical (unpaired) electrons. The molecule has 1 aromatic carbocycles. The Hall–Kier alpha value is -2.94. The molecule has 9 heteroatoms. The van der Waals surface area contributed by atoms with Crippen LogP contribution in [0.4, 0.5) is 11.4 Å². The van der Waals surface area contributed by atoms with E-state index in [1.165, 1.54) is 18.2 Å². The van der Waals surface area contributed by atoms with E-state index in [0.717, 1.165) is 11.3 Å². The van der Waals surface area contributed by atoms with Crippen molar-refractivity contribution in [2.24, 2.45) is 5.84 Å². The normalized spacial score (nSPS) is 10.2. The maximum atomic E-state index is 12.1. The molecule has 2 aromatic rings. The minimum absolute atomic E-state index is 0.0242. The number of nitrogen functional groups attached to an aromatic ring is 1. The second-order valence-electron chi connectivity index (χ2n) is 4.30.